The number of fused-ring (bicyclic) bond motifs is 2. The maximum Gasteiger partial charge on any atom is 0.292 e. The Balaban J connectivity index is 1.32. The zero-order chi connectivity index (χ0) is 18.4. The lowest BCUT2D eigenvalue weighted by molar-refractivity contribution is 0.0667. The van der Waals surface area contributed by atoms with E-state index in [4.69, 9.17) is 4.52 Å². The highest BCUT2D eigenvalue weighted by molar-refractivity contribution is 5.93. The molecule has 0 radical (unpaired) electrons. The number of aromatic nitrogens is 5. The number of hydrogen-bond donors (Lipinski definition) is 0. The average Bonchev–Trinajstić information content (AvgIpc) is 3.31. The Labute approximate surface area is 156 Å². The standard InChI is InChI=1S/C19H22N6O2/c1-12-6-7-16-20-21-18(25(16)22-12)13-8-10-24(11-9-13)19(26)17-14-4-2-3-5-15(14)23-27-17/h6-7,13H,2-5,8-11H2,1H3. The number of rotatable bonds is 2. The van der Waals surface area contributed by atoms with Gasteiger partial charge in [0.2, 0.25) is 5.76 Å². The summed E-state index contributed by atoms with van der Waals surface area (Å²) >= 11 is 0. The van der Waals surface area contributed by atoms with Crippen LogP contribution in [0.4, 0.5) is 0 Å². The van der Waals surface area contributed by atoms with Crippen molar-refractivity contribution in [2.75, 3.05) is 13.1 Å². The maximum atomic E-state index is 12.9. The summed E-state index contributed by atoms with van der Waals surface area (Å²) in [6.07, 6.45) is 5.73. The number of hydrogen-bond acceptors (Lipinski definition) is 6. The van der Waals surface area contributed by atoms with Crippen LogP contribution in [-0.4, -0.2) is 48.9 Å². The molecule has 2 aliphatic rings. The van der Waals surface area contributed by atoms with E-state index in [1.807, 2.05) is 28.5 Å². The molecule has 27 heavy (non-hydrogen) atoms. The molecule has 1 aliphatic carbocycles. The number of aryl methyl sites for hydroxylation is 2. The average molecular weight is 366 g/mol. The first kappa shape index (κ1) is 16.4. The van der Waals surface area contributed by atoms with E-state index in [9.17, 15) is 4.79 Å². The molecule has 0 unspecified atom stereocenters. The lowest BCUT2D eigenvalue weighted by atomic mass is 9.94. The molecule has 4 heterocycles. The monoisotopic (exact) mass is 366 g/mol. The second kappa shape index (κ2) is 6.44. The zero-order valence-corrected chi connectivity index (χ0v) is 15.4. The van der Waals surface area contributed by atoms with Gasteiger partial charge < -0.3 is 9.42 Å². The summed E-state index contributed by atoms with van der Waals surface area (Å²) in [5, 5.41) is 17.2. The Morgan fingerprint density at radius 2 is 1.96 bits per heavy atom. The molecule has 8 heteroatoms. The molecule has 8 nitrogen and oxygen atoms in total. The van der Waals surface area contributed by atoms with Crippen LogP contribution >= 0.6 is 0 Å². The van der Waals surface area contributed by atoms with Gasteiger partial charge in [-0.2, -0.15) is 9.61 Å². The topological polar surface area (TPSA) is 89.4 Å². The fourth-order valence-electron chi connectivity index (χ4n) is 4.19. The predicted molar refractivity (Wildman–Crippen MR) is 96.5 cm³/mol. The molecule has 3 aromatic rings. The molecular weight excluding hydrogens is 344 g/mol. The molecule has 140 valence electrons. The number of piperidine rings is 1. The van der Waals surface area contributed by atoms with Crippen molar-refractivity contribution in [3.63, 3.8) is 0 Å². The fraction of sp³-hybridized carbons (Fsp3) is 0.526. The largest absolute Gasteiger partial charge is 0.350 e. The molecule has 1 saturated heterocycles. The molecule has 0 N–H and O–H groups in total. The smallest absolute Gasteiger partial charge is 0.292 e. The van der Waals surface area contributed by atoms with Crippen LogP contribution in [0.25, 0.3) is 5.65 Å². The van der Waals surface area contributed by atoms with Gasteiger partial charge in [-0.25, -0.2) is 0 Å². The Bertz CT molecular complexity index is 999. The second-order valence-corrected chi connectivity index (χ2v) is 7.51. The molecule has 1 fully saturated rings. The van der Waals surface area contributed by atoms with Gasteiger partial charge in [-0.1, -0.05) is 5.16 Å². The van der Waals surface area contributed by atoms with Crippen LogP contribution in [0.2, 0.25) is 0 Å². The van der Waals surface area contributed by atoms with Crippen LogP contribution < -0.4 is 0 Å². The van der Waals surface area contributed by atoms with Crippen LogP contribution in [0.5, 0.6) is 0 Å². The Hall–Kier alpha value is -2.77. The number of nitrogens with zero attached hydrogens (tertiary/aromatic N) is 6. The van der Waals surface area contributed by atoms with E-state index in [1.165, 1.54) is 0 Å². The van der Waals surface area contributed by atoms with Gasteiger partial charge >= 0.3 is 0 Å². The molecule has 3 aromatic heterocycles. The molecule has 5 rings (SSSR count). The van der Waals surface area contributed by atoms with Gasteiger partial charge in [0.05, 0.1) is 11.4 Å². The normalized spacial score (nSPS) is 18.0. The number of carbonyl (C=O) groups excluding carboxylic acids is 1. The van der Waals surface area contributed by atoms with Crippen molar-refractivity contribution < 1.29 is 9.32 Å². The first-order chi connectivity index (χ1) is 13.2. The molecule has 1 aliphatic heterocycles. The van der Waals surface area contributed by atoms with E-state index >= 15 is 0 Å². The molecule has 0 bridgehead atoms. The highest BCUT2D eigenvalue weighted by atomic mass is 16.5. The minimum absolute atomic E-state index is 0.0239. The van der Waals surface area contributed by atoms with Gasteiger partial charge in [0, 0.05) is 24.6 Å². The van der Waals surface area contributed by atoms with Gasteiger partial charge in [0.15, 0.2) is 11.5 Å². The van der Waals surface area contributed by atoms with E-state index in [-0.39, 0.29) is 11.8 Å². The van der Waals surface area contributed by atoms with Crippen molar-refractivity contribution in [1.82, 2.24) is 29.9 Å². The Morgan fingerprint density at radius 1 is 1.15 bits per heavy atom. The zero-order valence-electron chi connectivity index (χ0n) is 15.4. The first-order valence-corrected chi connectivity index (χ1v) is 9.66. The lowest BCUT2D eigenvalue weighted by Gasteiger charge is -2.30. The number of carbonyl (C=O) groups is 1. The summed E-state index contributed by atoms with van der Waals surface area (Å²) in [4.78, 5) is 14.8. The van der Waals surface area contributed by atoms with E-state index in [2.05, 4.69) is 20.5 Å². The van der Waals surface area contributed by atoms with Gasteiger partial charge in [-0.3, -0.25) is 4.79 Å². The molecule has 0 aromatic carbocycles. The lowest BCUT2D eigenvalue weighted by Crippen LogP contribution is -2.38. The first-order valence-electron chi connectivity index (χ1n) is 9.66. The van der Waals surface area contributed by atoms with Crippen molar-refractivity contribution >= 4 is 11.6 Å². The summed E-state index contributed by atoms with van der Waals surface area (Å²) in [5.74, 6) is 1.57. The van der Waals surface area contributed by atoms with Crippen molar-refractivity contribution in [3.05, 3.63) is 40.7 Å². The summed E-state index contributed by atoms with van der Waals surface area (Å²) in [7, 11) is 0. The van der Waals surface area contributed by atoms with E-state index in [0.29, 0.717) is 18.8 Å². The van der Waals surface area contributed by atoms with Gasteiger partial charge in [0.1, 0.15) is 0 Å². The SMILES string of the molecule is Cc1ccc2nnc(C3CCN(C(=O)c4onc5c4CCCC5)CC3)n2n1. The van der Waals surface area contributed by atoms with Gasteiger partial charge in [0.25, 0.3) is 5.91 Å². The summed E-state index contributed by atoms with van der Waals surface area (Å²) < 4.78 is 7.26. The third kappa shape index (κ3) is 2.79. The van der Waals surface area contributed by atoms with Crippen molar-refractivity contribution in [1.29, 1.82) is 0 Å². The molecular formula is C19H22N6O2. The van der Waals surface area contributed by atoms with Crippen molar-refractivity contribution in [3.8, 4) is 0 Å². The van der Waals surface area contributed by atoms with E-state index in [1.54, 1.807) is 0 Å². The van der Waals surface area contributed by atoms with E-state index in [0.717, 1.165) is 66.9 Å². The van der Waals surface area contributed by atoms with E-state index < -0.39 is 0 Å². The number of likely N-dealkylation sites (tertiary alicyclic amines) is 1. The van der Waals surface area contributed by atoms with Gasteiger partial charge in [-0.05, 0) is 57.6 Å². The molecule has 0 saturated carbocycles. The van der Waals surface area contributed by atoms with Crippen LogP contribution in [-0.2, 0) is 12.8 Å². The highest BCUT2D eigenvalue weighted by Gasteiger charge is 2.32. The predicted octanol–water partition coefficient (Wildman–Crippen LogP) is 2.32. The summed E-state index contributed by atoms with van der Waals surface area (Å²) in [5.41, 5.74) is 3.70. The maximum absolute atomic E-state index is 12.9. The second-order valence-electron chi connectivity index (χ2n) is 7.51. The van der Waals surface area contributed by atoms with Crippen LogP contribution in [0, 0.1) is 6.92 Å². The minimum Gasteiger partial charge on any atom is -0.350 e. The molecule has 0 spiro atoms. The third-order valence-electron chi connectivity index (χ3n) is 5.72. The quantitative estimate of drug-likeness (QED) is 0.691. The number of amides is 1. The fourth-order valence-corrected chi connectivity index (χ4v) is 4.19. The third-order valence-corrected chi connectivity index (χ3v) is 5.72. The highest BCUT2D eigenvalue weighted by Crippen LogP contribution is 2.29. The molecule has 0 atom stereocenters. The Kier molecular flexibility index (Phi) is 3.91. The van der Waals surface area contributed by atoms with Crippen LogP contribution in [0.15, 0.2) is 16.7 Å². The van der Waals surface area contributed by atoms with Crippen LogP contribution in [0.3, 0.4) is 0 Å². The minimum atomic E-state index is -0.0239. The Morgan fingerprint density at radius 3 is 2.81 bits per heavy atom. The summed E-state index contributed by atoms with van der Waals surface area (Å²) in [6.45, 7) is 3.32. The summed E-state index contributed by atoms with van der Waals surface area (Å²) in [6, 6.07) is 3.87. The molecule has 1 amide bonds. The van der Waals surface area contributed by atoms with Gasteiger partial charge in [-0.15, -0.1) is 10.2 Å². The van der Waals surface area contributed by atoms with Crippen LogP contribution in [0.1, 0.15) is 64.9 Å². The van der Waals surface area contributed by atoms with Crippen molar-refractivity contribution in [2.45, 2.75) is 51.4 Å². The van der Waals surface area contributed by atoms with Crippen molar-refractivity contribution in [2.24, 2.45) is 0 Å².